The monoisotopic (exact) mass is 333 g/mol. The van der Waals surface area contributed by atoms with Crippen molar-refractivity contribution in [2.75, 3.05) is 6.61 Å². The molecule has 0 heterocycles. The van der Waals surface area contributed by atoms with Gasteiger partial charge in [0, 0.05) is 17.2 Å². The quantitative estimate of drug-likeness (QED) is 0.499. The highest BCUT2D eigenvalue weighted by Gasteiger charge is 2.06. The van der Waals surface area contributed by atoms with Gasteiger partial charge >= 0.3 is 0 Å². The van der Waals surface area contributed by atoms with Gasteiger partial charge in [0.2, 0.25) is 0 Å². The summed E-state index contributed by atoms with van der Waals surface area (Å²) in [5.74, 6) is -0.105. The van der Waals surface area contributed by atoms with Gasteiger partial charge in [-0.25, -0.2) is 5.43 Å². The second kappa shape index (κ2) is 7.90. The number of benzene rings is 2. The molecule has 0 radical (unpaired) electrons. The van der Waals surface area contributed by atoms with E-state index < -0.39 is 10.8 Å². The molecule has 0 saturated carbocycles. The molecule has 0 atom stereocenters. The van der Waals surface area contributed by atoms with Gasteiger partial charge < -0.3 is 4.74 Å². The van der Waals surface area contributed by atoms with Gasteiger partial charge in [-0.05, 0) is 29.8 Å². The number of nitro benzene ring substituents is 1. The van der Waals surface area contributed by atoms with E-state index in [-0.39, 0.29) is 12.3 Å². The summed E-state index contributed by atoms with van der Waals surface area (Å²) in [6.07, 6.45) is 1.45. The minimum atomic E-state index is -0.513. The Labute approximate surface area is 136 Å². The molecule has 7 nitrogen and oxygen atoms in total. The number of hydrogen-bond acceptors (Lipinski definition) is 5. The second-order valence-corrected chi connectivity index (χ2v) is 4.82. The number of amides is 1. The van der Waals surface area contributed by atoms with Crippen LogP contribution in [0.25, 0.3) is 0 Å². The smallest absolute Gasteiger partial charge is 0.277 e. The molecule has 0 aliphatic rings. The first-order valence-electron chi connectivity index (χ1n) is 6.49. The Bertz CT molecular complexity index is 732. The van der Waals surface area contributed by atoms with E-state index in [0.29, 0.717) is 10.8 Å². The number of hydrazone groups is 1. The van der Waals surface area contributed by atoms with Gasteiger partial charge in [-0.15, -0.1) is 0 Å². The number of rotatable bonds is 6. The normalized spacial score (nSPS) is 10.5. The molecular weight excluding hydrogens is 322 g/mol. The molecule has 0 saturated heterocycles. The molecular formula is C15H12ClN3O4. The number of ether oxygens (including phenoxy) is 1. The lowest BCUT2D eigenvalue weighted by molar-refractivity contribution is -0.384. The highest BCUT2D eigenvalue weighted by Crippen LogP contribution is 2.17. The van der Waals surface area contributed by atoms with Crippen LogP contribution in [0.3, 0.4) is 0 Å². The Morgan fingerprint density at radius 3 is 2.70 bits per heavy atom. The summed E-state index contributed by atoms with van der Waals surface area (Å²) in [5.41, 5.74) is 3.00. The van der Waals surface area contributed by atoms with Gasteiger partial charge in [0.25, 0.3) is 11.6 Å². The summed E-state index contributed by atoms with van der Waals surface area (Å²) in [7, 11) is 0. The minimum absolute atomic E-state index is 0.0482. The Morgan fingerprint density at radius 1 is 1.30 bits per heavy atom. The first-order valence-corrected chi connectivity index (χ1v) is 6.87. The predicted molar refractivity (Wildman–Crippen MR) is 85.8 cm³/mol. The molecule has 8 heteroatoms. The molecule has 0 aromatic heterocycles. The number of non-ortho nitro benzene ring substituents is 1. The van der Waals surface area contributed by atoms with E-state index in [1.807, 2.05) is 0 Å². The van der Waals surface area contributed by atoms with E-state index in [2.05, 4.69) is 10.5 Å². The third-order valence-corrected chi connectivity index (χ3v) is 2.90. The van der Waals surface area contributed by atoms with Crippen molar-refractivity contribution >= 4 is 29.4 Å². The third-order valence-electron chi connectivity index (χ3n) is 2.67. The fourth-order valence-electron chi connectivity index (χ4n) is 1.61. The molecule has 0 aliphatic carbocycles. The van der Waals surface area contributed by atoms with Crippen LogP contribution in [0.5, 0.6) is 5.75 Å². The summed E-state index contributed by atoms with van der Waals surface area (Å²) in [6.45, 7) is -0.259. The van der Waals surface area contributed by atoms with Gasteiger partial charge in [-0.3, -0.25) is 14.9 Å². The number of carbonyl (C=O) groups is 1. The van der Waals surface area contributed by atoms with Crippen LogP contribution < -0.4 is 10.2 Å². The first-order chi connectivity index (χ1) is 11.0. The zero-order valence-corrected chi connectivity index (χ0v) is 12.6. The van der Waals surface area contributed by atoms with Crippen molar-refractivity contribution in [2.24, 2.45) is 5.10 Å². The van der Waals surface area contributed by atoms with Crippen molar-refractivity contribution in [3.8, 4) is 5.75 Å². The molecule has 2 rings (SSSR count). The van der Waals surface area contributed by atoms with Gasteiger partial charge in [-0.2, -0.15) is 5.10 Å². The SMILES string of the molecule is O=C(COc1ccc([N+](=O)[O-])cc1)N/N=C/c1cccc(Cl)c1. The molecule has 1 N–H and O–H groups in total. The zero-order valence-electron chi connectivity index (χ0n) is 11.8. The lowest BCUT2D eigenvalue weighted by Crippen LogP contribution is -2.24. The maximum absolute atomic E-state index is 11.6. The van der Waals surface area contributed by atoms with Crippen LogP contribution in [0, 0.1) is 10.1 Å². The molecule has 2 aromatic carbocycles. The Kier molecular flexibility index (Phi) is 5.65. The second-order valence-electron chi connectivity index (χ2n) is 4.39. The van der Waals surface area contributed by atoms with Gasteiger partial charge in [-0.1, -0.05) is 23.7 Å². The Morgan fingerprint density at radius 2 is 2.04 bits per heavy atom. The molecule has 0 bridgehead atoms. The Balaban J connectivity index is 1.79. The van der Waals surface area contributed by atoms with Crippen LogP contribution >= 0.6 is 11.6 Å². The average Bonchev–Trinajstić information content (AvgIpc) is 2.53. The lowest BCUT2D eigenvalue weighted by Gasteiger charge is -2.04. The van der Waals surface area contributed by atoms with Gasteiger partial charge in [0.1, 0.15) is 5.75 Å². The zero-order chi connectivity index (χ0) is 16.7. The largest absolute Gasteiger partial charge is 0.484 e. The predicted octanol–water partition coefficient (Wildman–Crippen LogP) is 2.78. The van der Waals surface area contributed by atoms with E-state index in [4.69, 9.17) is 16.3 Å². The van der Waals surface area contributed by atoms with Crippen molar-refractivity contribution in [1.29, 1.82) is 0 Å². The van der Waals surface area contributed by atoms with Gasteiger partial charge in [0.05, 0.1) is 11.1 Å². The number of nitro groups is 1. The van der Waals surface area contributed by atoms with Crippen LogP contribution in [0.1, 0.15) is 5.56 Å². The topological polar surface area (TPSA) is 93.8 Å². The van der Waals surface area contributed by atoms with E-state index in [1.165, 1.54) is 30.5 Å². The maximum Gasteiger partial charge on any atom is 0.277 e. The summed E-state index contributed by atoms with van der Waals surface area (Å²) in [4.78, 5) is 21.6. The summed E-state index contributed by atoms with van der Waals surface area (Å²) in [6, 6.07) is 12.4. The third kappa shape index (κ3) is 5.40. The molecule has 1 amide bonds. The fourth-order valence-corrected chi connectivity index (χ4v) is 1.81. The molecule has 118 valence electrons. The molecule has 0 aliphatic heterocycles. The fraction of sp³-hybridized carbons (Fsp3) is 0.0667. The van der Waals surface area contributed by atoms with Crippen LogP contribution in [0.2, 0.25) is 5.02 Å². The number of nitrogens with zero attached hydrogens (tertiary/aromatic N) is 2. The first kappa shape index (κ1) is 16.4. The van der Waals surface area contributed by atoms with Crippen molar-refractivity contribution in [2.45, 2.75) is 0 Å². The van der Waals surface area contributed by atoms with Crippen molar-refractivity contribution in [3.05, 3.63) is 69.2 Å². The number of carbonyl (C=O) groups excluding carboxylic acids is 1. The van der Waals surface area contributed by atoms with Crippen molar-refractivity contribution in [3.63, 3.8) is 0 Å². The number of hydrogen-bond donors (Lipinski definition) is 1. The van der Waals surface area contributed by atoms with E-state index in [1.54, 1.807) is 24.3 Å². The van der Waals surface area contributed by atoms with Crippen LogP contribution in [0.15, 0.2) is 53.6 Å². The average molecular weight is 334 g/mol. The molecule has 0 fully saturated rings. The highest BCUT2D eigenvalue weighted by atomic mass is 35.5. The number of nitrogens with one attached hydrogen (secondary N) is 1. The summed E-state index contributed by atoms with van der Waals surface area (Å²) in [5, 5.41) is 14.9. The molecule has 2 aromatic rings. The highest BCUT2D eigenvalue weighted by molar-refractivity contribution is 6.30. The number of halogens is 1. The summed E-state index contributed by atoms with van der Waals surface area (Å²) < 4.78 is 5.19. The maximum atomic E-state index is 11.6. The summed E-state index contributed by atoms with van der Waals surface area (Å²) >= 11 is 5.82. The molecule has 23 heavy (non-hydrogen) atoms. The van der Waals surface area contributed by atoms with E-state index in [0.717, 1.165) is 5.56 Å². The molecule has 0 unspecified atom stereocenters. The van der Waals surface area contributed by atoms with Crippen LogP contribution in [-0.4, -0.2) is 23.7 Å². The minimum Gasteiger partial charge on any atom is -0.484 e. The van der Waals surface area contributed by atoms with Crippen molar-refractivity contribution in [1.82, 2.24) is 5.43 Å². The molecule has 0 spiro atoms. The van der Waals surface area contributed by atoms with E-state index in [9.17, 15) is 14.9 Å². The van der Waals surface area contributed by atoms with Crippen LogP contribution in [-0.2, 0) is 4.79 Å². The van der Waals surface area contributed by atoms with Crippen molar-refractivity contribution < 1.29 is 14.5 Å². The lowest BCUT2D eigenvalue weighted by atomic mass is 10.2. The van der Waals surface area contributed by atoms with E-state index >= 15 is 0 Å². The standard InChI is InChI=1S/C15H12ClN3O4/c16-12-3-1-2-11(8-12)9-17-18-15(20)10-23-14-6-4-13(5-7-14)19(21)22/h1-9H,10H2,(H,18,20)/b17-9+. The van der Waals surface area contributed by atoms with Gasteiger partial charge in [0.15, 0.2) is 6.61 Å². The van der Waals surface area contributed by atoms with Crippen LogP contribution in [0.4, 0.5) is 5.69 Å². The Hall–Kier alpha value is -2.93.